The largest absolute Gasteiger partial charge is 0.400 e. The van der Waals surface area contributed by atoms with Gasteiger partial charge in [0.05, 0.1) is 11.7 Å². The molecular weight excluding hydrogens is 234 g/mol. The predicted octanol–water partition coefficient (Wildman–Crippen LogP) is 2.51. The van der Waals surface area contributed by atoms with Crippen LogP contribution in [0.2, 0.25) is 0 Å². The molecule has 4 N–H and O–H groups in total. The highest BCUT2D eigenvalue weighted by atomic mass is 15.0. The third kappa shape index (κ3) is 1.45. The van der Waals surface area contributed by atoms with Gasteiger partial charge in [0.1, 0.15) is 0 Å². The fourth-order valence-corrected chi connectivity index (χ4v) is 2.97. The highest BCUT2D eigenvalue weighted by Crippen LogP contribution is 2.34. The monoisotopic (exact) mass is 249 g/mol. The van der Waals surface area contributed by atoms with Crippen LogP contribution in [-0.4, -0.2) is 11.0 Å². The molecule has 1 aliphatic heterocycles. The van der Waals surface area contributed by atoms with Crippen molar-refractivity contribution >= 4 is 16.6 Å². The molecule has 94 valence electrons. The van der Waals surface area contributed by atoms with Crippen LogP contribution in [0.15, 0.2) is 60.5 Å². The minimum atomic E-state index is 0.272. The Morgan fingerprint density at radius 1 is 1.05 bits per heavy atom. The number of nitrogens with two attached hydrogens (primary N) is 1. The fraction of sp³-hybridized carbons (Fsp3) is 0.125. The van der Waals surface area contributed by atoms with E-state index < -0.39 is 0 Å². The molecule has 3 heteroatoms. The first-order valence-corrected chi connectivity index (χ1v) is 6.52. The van der Waals surface area contributed by atoms with Gasteiger partial charge in [-0.1, -0.05) is 42.5 Å². The number of para-hydroxylation sites is 1. The molecule has 2 atom stereocenters. The molecule has 0 saturated carbocycles. The summed E-state index contributed by atoms with van der Waals surface area (Å²) >= 11 is 0. The van der Waals surface area contributed by atoms with Crippen LogP contribution in [0.4, 0.5) is 0 Å². The van der Waals surface area contributed by atoms with E-state index in [1.165, 1.54) is 5.39 Å². The molecule has 1 aromatic carbocycles. The molecular formula is C16H15N3. The lowest BCUT2D eigenvalue weighted by Crippen LogP contribution is -2.27. The van der Waals surface area contributed by atoms with Crippen molar-refractivity contribution < 1.29 is 0 Å². The van der Waals surface area contributed by atoms with E-state index >= 15 is 0 Å². The quantitative estimate of drug-likeness (QED) is 0.727. The molecule has 0 spiro atoms. The molecule has 1 aromatic heterocycles. The van der Waals surface area contributed by atoms with Gasteiger partial charge in [-0.3, -0.25) is 0 Å². The van der Waals surface area contributed by atoms with Crippen molar-refractivity contribution in [2.75, 3.05) is 0 Å². The summed E-state index contributed by atoms with van der Waals surface area (Å²) in [5.74, 6) is 0.272. The maximum absolute atomic E-state index is 6.33. The van der Waals surface area contributed by atoms with E-state index in [1.54, 1.807) is 0 Å². The van der Waals surface area contributed by atoms with E-state index in [1.807, 2.05) is 12.3 Å². The van der Waals surface area contributed by atoms with Crippen molar-refractivity contribution in [3.05, 3.63) is 66.0 Å². The number of hydrogen-bond acceptors (Lipinski definition) is 2. The number of aromatic nitrogens is 1. The maximum atomic E-state index is 6.33. The number of hydrogen-bond donors (Lipinski definition) is 3. The van der Waals surface area contributed by atoms with Gasteiger partial charge in [0.25, 0.3) is 0 Å². The van der Waals surface area contributed by atoms with Crippen LogP contribution in [0, 0.1) is 5.92 Å². The predicted molar refractivity (Wildman–Crippen MR) is 78.1 cm³/mol. The molecule has 0 radical (unpaired) electrons. The van der Waals surface area contributed by atoms with Crippen LogP contribution < -0.4 is 11.1 Å². The first-order chi connectivity index (χ1) is 9.34. The van der Waals surface area contributed by atoms with Crippen LogP contribution in [0.25, 0.3) is 16.6 Å². The lowest BCUT2D eigenvalue weighted by atomic mass is 9.95. The summed E-state index contributed by atoms with van der Waals surface area (Å²) in [6.45, 7) is 0. The SMILES string of the molecule is NC1=C(c2c[nH]c3ccccc23)NC2C=CC=CC12. The lowest BCUT2D eigenvalue weighted by Gasteiger charge is -2.16. The van der Waals surface area contributed by atoms with E-state index in [0.29, 0.717) is 0 Å². The van der Waals surface area contributed by atoms with Gasteiger partial charge in [-0.2, -0.15) is 0 Å². The van der Waals surface area contributed by atoms with Crippen LogP contribution >= 0.6 is 0 Å². The Bertz CT molecular complexity index is 733. The number of nitrogens with one attached hydrogen (secondary N) is 2. The van der Waals surface area contributed by atoms with E-state index in [2.05, 4.69) is 52.8 Å². The highest BCUT2D eigenvalue weighted by Gasteiger charge is 2.31. The molecule has 2 aliphatic rings. The molecule has 4 rings (SSSR count). The second-order valence-corrected chi connectivity index (χ2v) is 5.04. The third-order valence-electron chi connectivity index (χ3n) is 3.95. The van der Waals surface area contributed by atoms with E-state index in [4.69, 9.17) is 5.73 Å². The van der Waals surface area contributed by atoms with Gasteiger partial charge in [0.15, 0.2) is 0 Å². The summed E-state index contributed by atoms with van der Waals surface area (Å²) in [5, 5.41) is 4.74. The van der Waals surface area contributed by atoms with Gasteiger partial charge in [-0.25, -0.2) is 0 Å². The maximum Gasteiger partial charge on any atom is 0.0638 e. The molecule has 0 amide bonds. The van der Waals surface area contributed by atoms with Crippen molar-refractivity contribution in [3.8, 4) is 0 Å². The zero-order valence-electron chi connectivity index (χ0n) is 10.4. The van der Waals surface area contributed by atoms with E-state index in [9.17, 15) is 0 Å². The van der Waals surface area contributed by atoms with Crippen molar-refractivity contribution in [1.82, 2.24) is 10.3 Å². The first kappa shape index (κ1) is 10.5. The van der Waals surface area contributed by atoms with Crippen LogP contribution in [0.1, 0.15) is 5.56 Å². The van der Waals surface area contributed by atoms with Crippen molar-refractivity contribution in [2.24, 2.45) is 11.7 Å². The van der Waals surface area contributed by atoms with Gasteiger partial charge in [-0.15, -0.1) is 0 Å². The summed E-state index contributed by atoms with van der Waals surface area (Å²) in [6, 6.07) is 8.58. The Kier molecular flexibility index (Phi) is 2.09. The van der Waals surface area contributed by atoms with Gasteiger partial charge < -0.3 is 16.0 Å². The van der Waals surface area contributed by atoms with Crippen molar-refractivity contribution in [3.63, 3.8) is 0 Å². The minimum Gasteiger partial charge on any atom is -0.400 e. The van der Waals surface area contributed by atoms with Crippen molar-refractivity contribution in [2.45, 2.75) is 6.04 Å². The Morgan fingerprint density at radius 3 is 2.79 bits per heavy atom. The van der Waals surface area contributed by atoms with Gasteiger partial charge >= 0.3 is 0 Å². The molecule has 0 saturated heterocycles. The zero-order valence-corrected chi connectivity index (χ0v) is 10.4. The van der Waals surface area contributed by atoms with Gasteiger partial charge in [0.2, 0.25) is 0 Å². The van der Waals surface area contributed by atoms with Crippen LogP contribution in [0.5, 0.6) is 0 Å². The number of rotatable bonds is 1. The average molecular weight is 249 g/mol. The highest BCUT2D eigenvalue weighted by molar-refractivity contribution is 5.93. The third-order valence-corrected chi connectivity index (χ3v) is 3.95. The normalized spacial score (nSPS) is 24.8. The summed E-state index contributed by atoms with van der Waals surface area (Å²) in [5.41, 5.74) is 10.6. The second kappa shape index (κ2) is 3.79. The Hall–Kier alpha value is -2.42. The van der Waals surface area contributed by atoms with Gasteiger partial charge in [0, 0.05) is 34.3 Å². The van der Waals surface area contributed by atoms with E-state index in [-0.39, 0.29) is 12.0 Å². The summed E-state index contributed by atoms with van der Waals surface area (Å²) in [6.07, 6.45) is 10.5. The topological polar surface area (TPSA) is 53.8 Å². The number of H-pyrrole nitrogens is 1. The average Bonchev–Trinajstić information content (AvgIpc) is 3.01. The minimum absolute atomic E-state index is 0.272. The van der Waals surface area contributed by atoms with E-state index in [0.717, 1.165) is 22.5 Å². The van der Waals surface area contributed by atoms with Crippen LogP contribution in [-0.2, 0) is 0 Å². The van der Waals surface area contributed by atoms with Crippen molar-refractivity contribution in [1.29, 1.82) is 0 Å². The number of fused-ring (bicyclic) bond motifs is 2. The smallest absolute Gasteiger partial charge is 0.0638 e. The first-order valence-electron chi connectivity index (χ1n) is 6.52. The molecule has 1 aliphatic carbocycles. The zero-order chi connectivity index (χ0) is 12.8. The second-order valence-electron chi connectivity index (χ2n) is 5.04. The molecule has 19 heavy (non-hydrogen) atoms. The molecule has 0 fully saturated rings. The Labute approximate surface area is 111 Å². The summed E-state index contributed by atoms with van der Waals surface area (Å²) < 4.78 is 0. The molecule has 2 unspecified atom stereocenters. The molecule has 3 nitrogen and oxygen atoms in total. The standard InChI is InChI=1S/C16H15N3/c17-15-11-6-2-4-8-14(11)19-16(15)12-9-18-13-7-3-1-5-10(12)13/h1-9,11,14,18-19H,17H2. The number of allylic oxidation sites excluding steroid dienone is 2. The fourth-order valence-electron chi connectivity index (χ4n) is 2.97. The lowest BCUT2D eigenvalue weighted by molar-refractivity contribution is 0.632. The Balaban J connectivity index is 1.87. The summed E-state index contributed by atoms with van der Waals surface area (Å²) in [7, 11) is 0. The van der Waals surface area contributed by atoms with Gasteiger partial charge in [-0.05, 0) is 6.07 Å². The molecule has 0 bridgehead atoms. The number of benzene rings is 1. The molecule has 2 aromatic rings. The Morgan fingerprint density at radius 2 is 1.89 bits per heavy atom. The van der Waals surface area contributed by atoms with Crippen LogP contribution in [0.3, 0.4) is 0 Å². The molecule has 2 heterocycles. The summed E-state index contributed by atoms with van der Waals surface area (Å²) in [4.78, 5) is 3.30. The number of aromatic amines is 1.